The van der Waals surface area contributed by atoms with Crippen LogP contribution in [0, 0.1) is 11.6 Å². The zero-order valence-electron chi connectivity index (χ0n) is 14.0. The summed E-state index contributed by atoms with van der Waals surface area (Å²) in [6.45, 7) is 1.18. The van der Waals surface area contributed by atoms with Crippen molar-refractivity contribution in [3.63, 3.8) is 0 Å². The molecule has 1 N–H and O–H groups in total. The number of nitrogens with one attached hydrogen (secondary N) is 1. The van der Waals surface area contributed by atoms with Crippen molar-refractivity contribution in [2.24, 2.45) is 0 Å². The summed E-state index contributed by atoms with van der Waals surface area (Å²) in [4.78, 5) is 12.3. The fourth-order valence-electron chi connectivity index (χ4n) is 2.29. The zero-order chi connectivity index (χ0) is 19.5. The van der Waals surface area contributed by atoms with E-state index in [1.165, 1.54) is 30.3 Å². The third-order valence-corrected chi connectivity index (χ3v) is 5.06. The summed E-state index contributed by atoms with van der Waals surface area (Å²) in [6, 6.07) is 8.50. The van der Waals surface area contributed by atoms with Gasteiger partial charge in [-0.05, 0) is 42.8 Å². The monoisotopic (exact) mass is 402 g/mol. The second kappa shape index (κ2) is 8.01. The second-order valence-electron chi connectivity index (χ2n) is 5.71. The molecule has 0 aromatic heterocycles. The van der Waals surface area contributed by atoms with Crippen molar-refractivity contribution in [3.8, 4) is 0 Å². The summed E-state index contributed by atoms with van der Waals surface area (Å²) in [7, 11) is -3.81. The van der Waals surface area contributed by atoms with Gasteiger partial charge in [0.25, 0.3) is 0 Å². The van der Waals surface area contributed by atoms with Gasteiger partial charge in [0.15, 0.2) is 0 Å². The Labute approximate surface area is 155 Å². The van der Waals surface area contributed by atoms with Crippen LogP contribution in [-0.4, -0.2) is 27.1 Å². The molecule has 2 rings (SSSR count). The van der Waals surface area contributed by atoms with Gasteiger partial charge in [-0.15, -0.1) is 0 Å². The van der Waals surface area contributed by atoms with E-state index in [0.717, 1.165) is 22.7 Å². The Morgan fingerprint density at radius 3 is 2.35 bits per heavy atom. The maximum Gasteiger partial charge on any atom is 0.241 e. The van der Waals surface area contributed by atoms with Gasteiger partial charge in [-0.1, -0.05) is 23.7 Å². The summed E-state index contributed by atoms with van der Waals surface area (Å²) < 4.78 is 51.1. The van der Waals surface area contributed by atoms with Gasteiger partial charge in [-0.2, -0.15) is 0 Å². The molecule has 1 atom stereocenters. The van der Waals surface area contributed by atoms with E-state index < -0.39 is 40.2 Å². The molecule has 0 bridgehead atoms. The summed E-state index contributed by atoms with van der Waals surface area (Å²) in [6.07, 6.45) is 0.931. The van der Waals surface area contributed by atoms with Crippen molar-refractivity contribution in [1.29, 1.82) is 0 Å². The number of benzene rings is 2. The van der Waals surface area contributed by atoms with Gasteiger partial charge in [0, 0.05) is 0 Å². The summed E-state index contributed by atoms with van der Waals surface area (Å²) in [5.41, 5.74) is 0.735. The largest absolute Gasteiger partial charge is 0.348 e. The Balaban J connectivity index is 2.16. The molecule has 0 aliphatic heterocycles. The van der Waals surface area contributed by atoms with Crippen LogP contribution in [-0.2, 0) is 14.8 Å². The molecule has 2 aromatic carbocycles. The van der Waals surface area contributed by atoms with E-state index in [0.29, 0.717) is 5.56 Å². The lowest BCUT2D eigenvalue weighted by Crippen LogP contribution is -2.41. The van der Waals surface area contributed by atoms with Crippen LogP contribution >= 0.6 is 11.6 Å². The number of rotatable bonds is 6. The minimum Gasteiger partial charge on any atom is -0.348 e. The summed E-state index contributed by atoms with van der Waals surface area (Å²) >= 11 is 5.69. The highest BCUT2D eigenvalue weighted by Crippen LogP contribution is 2.24. The fourth-order valence-corrected chi connectivity index (χ4v) is 3.32. The van der Waals surface area contributed by atoms with Crippen LogP contribution in [0.5, 0.6) is 0 Å². The molecule has 5 nitrogen and oxygen atoms in total. The topological polar surface area (TPSA) is 66.5 Å². The Bertz CT molecular complexity index is 905. The van der Waals surface area contributed by atoms with Crippen molar-refractivity contribution in [2.45, 2.75) is 13.0 Å². The molecular formula is C17H17ClF2N2O3S. The van der Waals surface area contributed by atoms with E-state index in [2.05, 4.69) is 5.32 Å². The van der Waals surface area contributed by atoms with Crippen LogP contribution in [0.1, 0.15) is 18.5 Å². The Kier molecular flexibility index (Phi) is 6.20. The predicted molar refractivity (Wildman–Crippen MR) is 96.6 cm³/mol. The SMILES string of the molecule is C[C@H](NC(=O)CN(c1ccc(F)c(Cl)c1)S(C)(=O)=O)c1ccc(F)cc1. The lowest BCUT2D eigenvalue weighted by Gasteiger charge is -2.23. The van der Waals surface area contributed by atoms with Crippen LogP contribution in [0.2, 0.25) is 5.02 Å². The van der Waals surface area contributed by atoms with Crippen LogP contribution in [0.3, 0.4) is 0 Å². The normalized spacial score (nSPS) is 12.5. The first-order valence-electron chi connectivity index (χ1n) is 7.55. The number of amides is 1. The molecule has 0 saturated heterocycles. The molecule has 0 unspecified atom stereocenters. The Hall–Kier alpha value is -2.19. The number of anilines is 1. The predicted octanol–water partition coefficient (Wildman–Crippen LogP) is 3.26. The Morgan fingerprint density at radius 2 is 1.81 bits per heavy atom. The molecule has 0 saturated carbocycles. The van der Waals surface area contributed by atoms with Crippen LogP contribution in [0.4, 0.5) is 14.5 Å². The average molecular weight is 403 g/mol. The number of nitrogens with zero attached hydrogens (tertiary/aromatic N) is 1. The lowest BCUT2D eigenvalue weighted by atomic mass is 10.1. The molecule has 0 fully saturated rings. The van der Waals surface area contributed by atoms with E-state index in [9.17, 15) is 22.0 Å². The van der Waals surface area contributed by atoms with Crippen LogP contribution in [0.25, 0.3) is 0 Å². The highest BCUT2D eigenvalue weighted by Gasteiger charge is 2.22. The van der Waals surface area contributed by atoms with Gasteiger partial charge in [-0.25, -0.2) is 17.2 Å². The van der Waals surface area contributed by atoms with Gasteiger partial charge in [0.1, 0.15) is 18.2 Å². The van der Waals surface area contributed by atoms with E-state index >= 15 is 0 Å². The van der Waals surface area contributed by atoms with E-state index in [1.54, 1.807) is 6.92 Å². The van der Waals surface area contributed by atoms with Crippen molar-refractivity contribution < 1.29 is 22.0 Å². The van der Waals surface area contributed by atoms with Crippen molar-refractivity contribution >= 4 is 33.2 Å². The minimum absolute atomic E-state index is 0.0727. The van der Waals surface area contributed by atoms with Crippen LogP contribution in [0.15, 0.2) is 42.5 Å². The van der Waals surface area contributed by atoms with E-state index in [4.69, 9.17) is 11.6 Å². The summed E-state index contributed by atoms with van der Waals surface area (Å²) in [5, 5.41) is 2.39. The number of halogens is 3. The quantitative estimate of drug-likeness (QED) is 0.806. The number of sulfonamides is 1. The smallest absolute Gasteiger partial charge is 0.241 e. The Morgan fingerprint density at radius 1 is 1.19 bits per heavy atom. The molecule has 2 aromatic rings. The lowest BCUT2D eigenvalue weighted by molar-refractivity contribution is -0.120. The third kappa shape index (κ3) is 5.15. The molecule has 26 heavy (non-hydrogen) atoms. The number of hydrogen-bond acceptors (Lipinski definition) is 3. The molecular weight excluding hydrogens is 386 g/mol. The average Bonchev–Trinajstić information content (AvgIpc) is 2.55. The highest BCUT2D eigenvalue weighted by molar-refractivity contribution is 7.92. The maximum atomic E-state index is 13.3. The van der Waals surface area contributed by atoms with E-state index in [-0.39, 0.29) is 10.7 Å². The number of carbonyl (C=O) groups is 1. The van der Waals surface area contributed by atoms with Crippen LogP contribution < -0.4 is 9.62 Å². The standard InChI is InChI=1S/C17H17ClF2N2O3S/c1-11(12-3-5-13(19)6-4-12)21-17(23)10-22(26(2,24)25)14-7-8-16(20)15(18)9-14/h3-9,11H,10H2,1-2H3,(H,21,23)/t11-/m0/s1. The molecule has 0 spiro atoms. The molecule has 140 valence electrons. The first-order valence-corrected chi connectivity index (χ1v) is 9.78. The molecule has 0 aliphatic rings. The van der Waals surface area contributed by atoms with E-state index in [1.807, 2.05) is 0 Å². The van der Waals surface area contributed by atoms with Gasteiger partial charge >= 0.3 is 0 Å². The first-order chi connectivity index (χ1) is 12.1. The highest BCUT2D eigenvalue weighted by atomic mass is 35.5. The molecule has 0 radical (unpaired) electrons. The van der Waals surface area contributed by atoms with Gasteiger partial charge < -0.3 is 5.32 Å². The second-order valence-corrected chi connectivity index (χ2v) is 8.02. The molecule has 9 heteroatoms. The molecule has 0 heterocycles. The zero-order valence-corrected chi connectivity index (χ0v) is 15.6. The van der Waals surface area contributed by atoms with Crippen molar-refractivity contribution in [2.75, 3.05) is 17.1 Å². The summed E-state index contributed by atoms with van der Waals surface area (Å²) in [5.74, 6) is -1.67. The maximum absolute atomic E-state index is 13.3. The van der Waals surface area contributed by atoms with Crippen molar-refractivity contribution in [3.05, 3.63) is 64.7 Å². The minimum atomic E-state index is -3.81. The third-order valence-electron chi connectivity index (χ3n) is 3.63. The van der Waals surface area contributed by atoms with Gasteiger partial charge in [0.2, 0.25) is 15.9 Å². The molecule has 1 amide bonds. The fraction of sp³-hybridized carbons (Fsp3) is 0.235. The number of carbonyl (C=O) groups excluding carboxylic acids is 1. The molecule has 0 aliphatic carbocycles. The van der Waals surface area contributed by atoms with Gasteiger partial charge in [0.05, 0.1) is 23.0 Å². The van der Waals surface area contributed by atoms with Crippen molar-refractivity contribution in [1.82, 2.24) is 5.32 Å². The first kappa shape index (κ1) is 20.1. The number of hydrogen-bond donors (Lipinski definition) is 1. The van der Waals surface area contributed by atoms with Gasteiger partial charge in [-0.3, -0.25) is 9.10 Å².